The fourth-order valence-electron chi connectivity index (χ4n) is 2.16. The zero-order valence-corrected chi connectivity index (χ0v) is 13.1. The molecule has 0 amide bonds. The Morgan fingerprint density at radius 1 is 0.889 bits per heavy atom. The maximum Gasteiger partial charge on any atom is 0.0960 e. The largest absolute Gasteiger partial charge is 0.498 e. The number of alkyl halides is 1. The molecule has 1 nitrogen and oxygen atoms in total. The third kappa shape index (κ3) is 8.79. The molecule has 2 heteroatoms. The summed E-state index contributed by atoms with van der Waals surface area (Å²) < 4.78 is 5.75. The molecule has 0 aliphatic heterocycles. The molecule has 0 aromatic carbocycles. The van der Waals surface area contributed by atoms with E-state index >= 15 is 0 Å². The first-order valence-electron chi connectivity index (χ1n) is 7.46. The van der Waals surface area contributed by atoms with E-state index in [1.54, 1.807) is 0 Å². The van der Waals surface area contributed by atoms with Crippen molar-refractivity contribution in [3.05, 3.63) is 24.0 Å². The van der Waals surface area contributed by atoms with E-state index in [-0.39, 0.29) is 0 Å². The molecule has 1 rings (SSSR count). The number of halogens is 1. The number of hydrogen-bond acceptors (Lipinski definition) is 1. The number of rotatable bonds is 11. The topological polar surface area (TPSA) is 9.23 Å². The number of unbranched alkanes of at least 4 members (excludes halogenated alkanes) is 7. The fourth-order valence-corrected chi connectivity index (χ4v) is 2.55. The van der Waals surface area contributed by atoms with Gasteiger partial charge in [0.05, 0.1) is 12.4 Å². The summed E-state index contributed by atoms with van der Waals surface area (Å²) in [7, 11) is 0. The number of hydrogen-bond donors (Lipinski definition) is 0. The van der Waals surface area contributed by atoms with Gasteiger partial charge in [-0.2, -0.15) is 0 Å². The molecule has 0 saturated carbocycles. The van der Waals surface area contributed by atoms with E-state index in [0.717, 1.165) is 24.8 Å². The maximum atomic E-state index is 5.75. The zero-order valence-electron chi connectivity index (χ0n) is 11.5. The van der Waals surface area contributed by atoms with E-state index < -0.39 is 0 Å². The second kappa shape index (κ2) is 11.8. The van der Waals surface area contributed by atoms with Gasteiger partial charge in [-0.05, 0) is 25.3 Å². The quantitative estimate of drug-likeness (QED) is 0.268. The average molecular weight is 315 g/mol. The van der Waals surface area contributed by atoms with Crippen molar-refractivity contribution < 1.29 is 4.74 Å². The van der Waals surface area contributed by atoms with E-state index in [1.807, 2.05) is 0 Å². The molecule has 1 aliphatic rings. The Morgan fingerprint density at radius 3 is 2.17 bits per heavy atom. The van der Waals surface area contributed by atoms with Crippen LogP contribution in [0.3, 0.4) is 0 Å². The van der Waals surface area contributed by atoms with Crippen molar-refractivity contribution in [1.82, 2.24) is 0 Å². The zero-order chi connectivity index (χ0) is 12.9. The number of ether oxygens (including phenoxy) is 1. The molecule has 104 valence electrons. The molecular weight excluding hydrogens is 288 g/mol. The summed E-state index contributed by atoms with van der Waals surface area (Å²) in [5.74, 6) is 1.17. The van der Waals surface area contributed by atoms with Gasteiger partial charge in [-0.3, -0.25) is 0 Å². The van der Waals surface area contributed by atoms with Crippen LogP contribution in [-0.4, -0.2) is 11.9 Å². The molecule has 0 N–H and O–H groups in total. The van der Waals surface area contributed by atoms with Gasteiger partial charge in [-0.1, -0.05) is 66.6 Å². The Morgan fingerprint density at radius 2 is 1.56 bits per heavy atom. The smallest absolute Gasteiger partial charge is 0.0960 e. The van der Waals surface area contributed by atoms with E-state index in [4.69, 9.17) is 4.74 Å². The monoisotopic (exact) mass is 314 g/mol. The summed E-state index contributed by atoms with van der Waals surface area (Å²) in [6.07, 6.45) is 19.5. The lowest BCUT2D eigenvalue weighted by atomic mass is 10.1. The van der Waals surface area contributed by atoms with Gasteiger partial charge in [0.15, 0.2) is 0 Å². The molecule has 0 radical (unpaired) electrons. The minimum atomic E-state index is 0.906. The van der Waals surface area contributed by atoms with Crippen LogP contribution >= 0.6 is 15.9 Å². The van der Waals surface area contributed by atoms with Gasteiger partial charge < -0.3 is 4.74 Å². The summed E-state index contributed by atoms with van der Waals surface area (Å²) >= 11 is 3.47. The highest BCUT2D eigenvalue weighted by atomic mass is 79.9. The average Bonchev–Trinajstić information content (AvgIpc) is 2.42. The Balaban J connectivity index is 1.77. The van der Waals surface area contributed by atoms with Crippen LogP contribution in [-0.2, 0) is 4.74 Å². The van der Waals surface area contributed by atoms with E-state index in [1.165, 1.54) is 57.1 Å². The van der Waals surface area contributed by atoms with Gasteiger partial charge in [0, 0.05) is 11.8 Å². The molecule has 0 atom stereocenters. The highest BCUT2D eigenvalue weighted by Crippen LogP contribution is 2.13. The number of allylic oxidation sites excluding steroid dienone is 3. The lowest BCUT2D eigenvalue weighted by molar-refractivity contribution is 0.199. The first-order chi connectivity index (χ1) is 8.93. The van der Waals surface area contributed by atoms with Crippen molar-refractivity contribution in [1.29, 1.82) is 0 Å². The van der Waals surface area contributed by atoms with Gasteiger partial charge in [-0.25, -0.2) is 0 Å². The van der Waals surface area contributed by atoms with Gasteiger partial charge >= 0.3 is 0 Å². The van der Waals surface area contributed by atoms with Crippen LogP contribution < -0.4 is 0 Å². The van der Waals surface area contributed by atoms with Crippen molar-refractivity contribution in [2.75, 3.05) is 11.9 Å². The van der Waals surface area contributed by atoms with Crippen LogP contribution in [0.1, 0.15) is 64.2 Å². The third-order valence-corrected chi connectivity index (χ3v) is 3.84. The molecule has 0 fully saturated rings. The predicted molar refractivity (Wildman–Crippen MR) is 83.1 cm³/mol. The third-order valence-electron chi connectivity index (χ3n) is 3.28. The summed E-state index contributed by atoms with van der Waals surface area (Å²) in [6, 6.07) is 0. The Kier molecular flexibility index (Phi) is 10.4. The van der Waals surface area contributed by atoms with Crippen molar-refractivity contribution in [2.45, 2.75) is 64.2 Å². The van der Waals surface area contributed by atoms with E-state index in [2.05, 4.69) is 34.2 Å². The van der Waals surface area contributed by atoms with Crippen LogP contribution in [0.5, 0.6) is 0 Å². The molecule has 0 bridgehead atoms. The highest BCUT2D eigenvalue weighted by Gasteiger charge is 1.99. The molecular formula is C16H27BrO. The molecule has 18 heavy (non-hydrogen) atoms. The molecule has 0 spiro atoms. The normalized spacial score (nSPS) is 14.6. The Labute approximate surface area is 121 Å². The molecule has 1 aliphatic carbocycles. The minimum absolute atomic E-state index is 0.906. The maximum absolute atomic E-state index is 5.75. The molecule has 0 unspecified atom stereocenters. The van der Waals surface area contributed by atoms with Crippen LogP contribution in [0.15, 0.2) is 24.0 Å². The lowest BCUT2D eigenvalue weighted by Crippen LogP contribution is -1.96. The van der Waals surface area contributed by atoms with Gasteiger partial charge in [0.2, 0.25) is 0 Å². The minimum Gasteiger partial charge on any atom is -0.498 e. The first-order valence-corrected chi connectivity index (χ1v) is 8.58. The van der Waals surface area contributed by atoms with Crippen molar-refractivity contribution >= 4 is 15.9 Å². The second-order valence-corrected chi connectivity index (χ2v) is 5.74. The van der Waals surface area contributed by atoms with Crippen molar-refractivity contribution in [3.63, 3.8) is 0 Å². The fraction of sp³-hybridized carbons (Fsp3) is 0.750. The van der Waals surface area contributed by atoms with E-state index in [9.17, 15) is 0 Å². The predicted octanol–water partition coefficient (Wildman–Crippen LogP) is 5.75. The Hall–Kier alpha value is -0.240. The molecule has 0 saturated heterocycles. The second-order valence-electron chi connectivity index (χ2n) is 4.95. The lowest BCUT2D eigenvalue weighted by Gasteiger charge is -2.10. The first kappa shape index (κ1) is 15.8. The Bertz CT molecular complexity index is 245. The van der Waals surface area contributed by atoms with Crippen molar-refractivity contribution in [3.8, 4) is 0 Å². The van der Waals surface area contributed by atoms with Crippen LogP contribution in [0.25, 0.3) is 0 Å². The van der Waals surface area contributed by atoms with Gasteiger partial charge in [0.1, 0.15) is 0 Å². The molecule has 0 aromatic heterocycles. The summed E-state index contributed by atoms with van der Waals surface area (Å²) in [4.78, 5) is 0. The SMILES string of the molecule is BrCCCCCCCCCCOC1=CCC=CC1. The summed E-state index contributed by atoms with van der Waals surface area (Å²) in [5.41, 5.74) is 0. The van der Waals surface area contributed by atoms with Gasteiger partial charge in [-0.15, -0.1) is 0 Å². The summed E-state index contributed by atoms with van der Waals surface area (Å²) in [6.45, 7) is 0.906. The summed E-state index contributed by atoms with van der Waals surface area (Å²) in [5, 5.41) is 1.16. The standard InChI is InChI=1S/C16H27BrO/c17-14-10-5-3-1-2-4-6-11-15-18-16-12-8-7-9-13-16/h7-8,13H,1-6,9-12,14-15H2. The van der Waals surface area contributed by atoms with Crippen LogP contribution in [0.4, 0.5) is 0 Å². The molecule has 0 heterocycles. The highest BCUT2D eigenvalue weighted by molar-refractivity contribution is 9.09. The van der Waals surface area contributed by atoms with Crippen LogP contribution in [0, 0.1) is 0 Å². The van der Waals surface area contributed by atoms with Crippen LogP contribution in [0.2, 0.25) is 0 Å². The van der Waals surface area contributed by atoms with Crippen molar-refractivity contribution in [2.24, 2.45) is 0 Å². The van der Waals surface area contributed by atoms with Gasteiger partial charge in [0.25, 0.3) is 0 Å². The molecule has 0 aromatic rings. The van der Waals surface area contributed by atoms with E-state index in [0.29, 0.717) is 0 Å².